The predicted molar refractivity (Wildman–Crippen MR) is 74.9 cm³/mol. The SMILES string of the molecule is CCOc1ccc2nc(SC(C)C(=O)NN)[nH]c2c1. The van der Waals surface area contributed by atoms with Gasteiger partial charge in [-0.2, -0.15) is 0 Å². The quantitative estimate of drug-likeness (QED) is 0.333. The number of aromatic nitrogens is 2. The molecule has 0 aliphatic heterocycles. The monoisotopic (exact) mass is 280 g/mol. The van der Waals surface area contributed by atoms with Crippen LogP contribution in [0, 0.1) is 0 Å². The average molecular weight is 280 g/mol. The number of nitrogens with two attached hydrogens (primary N) is 1. The van der Waals surface area contributed by atoms with Crippen LogP contribution >= 0.6 is 11.8 Å². The van der Waals surface area contributed by atoms with Crippen molar-refractivity contribution < 1.29 is 9.53 Å². The largest absolute Gasteiger partial charge is 0.494 e. The molecule has 102 valence electrons. The second-order valence-electron chi connectivity index (χ2n) is 3.92. The van der Waals surface area contributed by atoms with Crippen molar-refractivity contribution in [3.63, 3.8) is 0 Å². The molecule has 1 unspecified atom stereocenters. The summed E-state index contributed by atoms with van der Waals surface area (Å²) in [6.07, 6.45) is 0. The molecule has 0 saturated carbocycles. The van der Waals surface area contributed by atoms with Crippen molar-refractivity contribution in [2.24, 2.45) is 5.84 Å². The molecule has 0 fully saturated rings. The molecule has 1 amide bonds. The summed E-state index contributed by atoms with van der Waals surface area (Å²) in [5, 5.41) is 0.372. The van der Waals surface area contributed by atoms with Gasteiger partial charge in [0.05, 0.1) is 22.9 Å². The van der Waals surface area contributed by atoms with E-state index < -0.39 is 0 Å². The molecular weight excluding hydrogens is 264 g/mol. The zero-order chi connectivity index (χ0) is 13.8. The van der Waals surface area contributed by atoms with E-state index in [9.17, 15) is 4.79 Å². The maximum atomic E-state index is 11.4. The number of benzene rings is 1. The molecule has 1 aromatic carbocycles. The molecule has 6 nitrogen and oxygen atoms in total. The molecule has 19 heavy (non-hydrogen) atoms. The van der Waals surface area contributed by atoms with Crippen LogP contribution in [0.1, 0.15) is 13.8 Å². The van der Waals surface area contributed by atoms with Crippen LogP contribution in [-0.4, -0.2) is 27.7 Å². The van der Waals surface area contributed by atoms with Crippen molar-refractivity contribution in [3.8, 4) is 5.75 Å². The summed E-state index contributed by atoms with van der Waals surface area (Å²) < 4.78 is 5.42. The minimum absolute atomic E-state index is 0.236. The summed E-state index contributed by atoms with van der Waals surface area (Å²) in [7, 11) is 0. The molecule has 0 aliphatic rings. The van der Waals surface area contributed by atoms with Crippen molar-refractivity contribution in [1.29, 1.82) is 0 Å². The Balaban J connectivity index is 2.19. The van der Waals surface area contributed by atoms with Gasteiger partial charge >= 0.3 is 0 Å². The Morgan fingerprint density at radius 1 is 1.63 bits per heavy atom. The lowest BCUT2D eigenvalue weighted by Crippen LogP contribution is -2.36. The van der Waals surface area contributed by atoms with Gasteiger partial charge in [0.2, 0.25) is 5.91 Å². The Bertz CT molecular complexity index is 584. The second kappa shape index (κ2) is 5.94. The summed E-state index contributed by atoms with van der Waals surface area (Å²) in [5.74, 6) is 5.65. The highest BCUT2D eigenvalue weighted by Crippen LogP contribution is 2.25. The second-order valence-corrected chi connectivity index (χ2v) is 5.25. The fourth-order valence-corrected chi connectivity index (χ4v) is 2.45. The Morgan fingerprint density at radius 2 is 2.42 bits per heavy atom. The van der Waals surface area contributed by atoms with Crippen molar-refractivity contribution in [1.82, 2.24) is 15.4 Å². The third-order valence-electron chi connectivity index (χ3n) is 2.54. The number of thioether (sulfide) groups is 1. The minimum Gasteiger partial charge on any atom is -0.494 e. The van der Waals surface area contributed by atoms with Crippen LogP contribution < -0.4 is 16.0 Å². The third kappa shape index (κ3) is 3.18. The van der Waals surface area contributed by atoms with Crippen LogP contribution in [0.15, 0.2) is 23.4 Å². The number of ether oxygens (including phenoxy) is 1. The standard InChI is InChI=1S/C12H16N4O2S/c1-3-18-8-4-5-9-10(6-8)15-12(14-9)19-7(2)11(17)16-13/h4-7H,3,13H2,1-2H3,(H,14,15)(H,16,17). The molecule has 0 spiro atoms. The first-order valence-electron chi connectivity index (χ1n) is 5.93. The Kier molecular flexibility index (Phi) is 4.28. The number of H-pyrrole nitrogens is 1. The lowest BCUT2D eigenvalue weighted by molar-refractivity contribution is -0.120. The topological polar surface area (TPSA) is 93.0 Å². The maximum Gasteiger partial charge on any atom is 0.247 e. The smallest absolute Gasteiger partial charge is 0.247 e. The molecule has 4 N–H and O–H groups in total. The molecule has 0 saturated heterocycles. The predicted octanol–water partition coefficient (Wildman–Crippen LogP) is 1.43. The van der Waals surface area contributed by atoms with Crippen LogP contribution in [0.2, 0.25) is 0 Å². The fraction of sp³-hybridized carbons (Fsp3) is 0.333. The van der Waals surface area contributed by atoms with E-state index in [1.165, 1.54) is 11.8 Å². The number of aromatic amines is 1. The van der Waals surface area contributed by atoms with Crippen LogP contribution in [0.25, 0.3) is 11.0 Å². The van der Waals surface area contributed by atoms with E-state index in [1.807, 2.05) is 25.1 Å². The van der Waals surface area contributed by atoms with Gasteiger partial charge in [0.1, 0.15) is 5.75 Å². The number of nitrogens with zero attached hydrogens (tertiary/aromatic N) is 1. The van der Waals surface area contributed by atoms with Gasteiger partial charge < -0.3 is 9.72 Å². The van der Waals surface area contributed by atoms with Crippen molar-refractivity contribution >= 4 is 28.7 Å². The first kappa shape index (κ1) is 13.7. The molecule has 7 heteroatoms. The van der Waals surface area contributed by atoms with Crippen molar-refractivity contribution in [2.75, 3.05) is 6.61 Å². The van der Waals surface area contributed by atoms with Gasteiger partial charge in [-0.3, -0.25) is 10.2 Å². The van der Waals surface area contributed by atoms with Gasteiger partial charge in [-0.1, -0.05) is 11.8 Å². The van der Waals surface area contributed by atoms with E-state index in [0.717, 1.165) is 16.8 Å². The lowest BCUT2D eigenvalue weighted by atomic mass is 10.3. The van der Waals surface area contributed by atoms with Crippen LogP contribution in [-0.2, 0) is 4.79 Å². The first-order chi connectivity index (χ1) is 9.13. The van der Waals surface area contributed by atoms with E-state index in [4.69, 9.17) is 10.6 Å². The highest BCUT2D eigenvalue weighted by atomic mass is 32.2. The van der Waals surface area contributed by atoms with E-state index in [-0.39, 0.29) is 11.2 Å². The van der Waals surface area contributed by atoms with Gasteiger partial charge in [0, 0.05) is 6.07 Å². The summed E-state index contributed by atoms with van der Waals surface area (Å²) in [6.45, 7) is 4.33. The van der Waals surface area contributed by atoms with E-state index in [1.54, 1.807) is 6.92 Å². The van der Waals surface area contributed by atoms with Gasteiger partial charge in [-0.05, 0) is 26.0 Å². The molecule has 0 bridgehead atoms. The van der Waals surface area contributed by atoms with Gasteiger partial charge in [-0.25, -0.2) is 10.8 Å². The number of rotatable bonds is 5. The molecule has 1 atom stereocenters. The van der Waals surface area contributed by atoms with E-state index in [0.29, 0.717) is 11.8 Å². The number of imidazole rings is 1. The van der Waals surface area contributed by atoms with Crippen molar-refractivity contribution in [3.05, 3.63) is 18.2 Å². The summed E-state index contributed by atoms with van der Waals surface area (Å²) in [4.78, 5) is 18.9. The zero-order valence-corrected chi connectivity index (χ0v) is 11.6. The Labute approximate surface area is 115 Å². The third-order valence-corrected chi connectivity index (χ3v) is 3.53. The number of fused-ring (bicyclic) bond motifs is 1. The molecular formula is C12H16N4O2S. The molecule has 1 heterocycles. The summed E-state index contributed by atoms with van der Waals surface area (Å²) >= 11 is 1.32. The maximum absolute atomic E-state index is 11.4. The Hall–Kier alpha value is -1.73. The van der Waals surface area contributed by atoms with Crippen molar-refractivity contribution in [2.45, 2.75) is 24.3 Å². The number of hydrogen-bond acceptors (Lipinski definition) is 5. The Morgan fingerprint density at radius 3 is 3.11 bits per heavy atom. The number of hydrazine groups is 1. The number of carbonyl (C=O) groups excluding carboxylic acids is 1. The number of amides is 1. The van der Waals surface area contributed by atoms with E-state index in [2.05, 4.69) is 15.4 Å². The molecule has 2 rings (SSSR count). The number of carbonyl (C=O) groups is 1. The summed E-state index contributed by atoms with van der Waals surface area (Å²) in [6, 6.07) is 5.65. The van der Waals surface area contributed by atoms with E-state index >= 15 is 0 Å². The zero-order valence-electron chi connectivity index (χ0n) is 10.8. The summed E-state index contributed by atoms with van der Waals surface area (Å²) in [5.41, 5.74) is 3.85. The normalized spacial score (nSPS) is 12.4. The average Bonchev–Trinajstić information content (AvgIpc) is 2.79. The number of nitrogens with one attached hydrogen (secondary N) is 2. The lowest BCUT2D eigenvalue weighted by Gasteiger charge is -2.05. The highest BCUT2D eigenvalue weighted by molar-refractivity contribution is 8.00. The molecule has 2 aromatic rings. The molecule has 0 aliphatic carbocycles. The minimum atomic E-state index is -0.308. The molecule has 1 aromatic heterocycles. The first-order valence-corrected chi connectivity index (χ1v) is 6.81. The van der Waals surface area contributed by atoms with Crippen LogP contribution in [0.3, 0.4) is 0 Å². The van der Waals surface area contributed by atoms with Gasteiger partial charge in [0.15, 0.2) is 5.16 Å². The number of hydrogen-bond donors (Lipinski definition) is 3. The fourth-order valence-electron chi connectivity index (χ4n) is 1.62. The van der Waals surface area contributed by atoms with Crippen LogP contribution in [0.4, 0.5) is 0 Å². The van der Waals surface area contributed by atoms with Gasteiger partial charge in [-0.15, -0.1) is 0 Å². The highest BCUT2D eigenvalue weighted by Gasteiger charge is 2.15. The van der Waals surface area contributed by atoms with Crippen LogP contribution in [0.5, 0.6) is 5.75 Å². The molecule has 0 radical (unpaired) electrons. The van der Waals surface area contributed by atoms with Gasteiger partial charge in [0.25, 0.3) is 0 Å².